The van der Waals surface area contributed by atoms with Crippen molar-refractivity contribution in [3.63, 3.8) is 0 Å². The van der Waals surface area contributed by atoms with Gasteiger partial charge in [0.2, 0.25) is 0 Å². The fourth-order valence-corrected chi connectivity index (χ4v) is 2.64. The normalized spacial score (nSPS) is 10.6. The minimum atomic E-state index is -0.397. The maximum absolute atomic E-state index is 13.2. The molecule has 0 bridgehead atoms. The van der Waals surface area contributed by atoms with E-state index in [-0.39, 0.29) is 5.84 Å². The van der Waals surface area contributed by atoms with E-state index >= 15 is 0 Å². The summed E-state index contributed by atoms with van der Waals surface area (Å²) in [4.78, 5) is 0.743. The minimum absolute atomic E-state index is 0.143. The lowest BCUT2D eigenvalue weighted by Crippen LogP contribution is -2.12. The number of nitrogens with zero attached hydrogens (tertiary/aromatic N) is 2. The topological polar surface area (TPSA) is 67.7 Å². The smallest absolute Gasteiger partial charge is 0.124 e. The van der Waals surface area contributed by atoms with Crippen LogP contribution in [0.25, 0.3) is 0 Å². The van der Waals surface area contributed by atoms with Gasteiger partial charge in [-0.25, -0.2) is 4.39 Å². The number of halogens is 1. The number of aromatic nitrogens is 2. The molecule has 0 saturated heterocycles. The third-order valence-electron chi connectivity index (χ3n) is 2.41. The Hall–Kier alpha value is -1.82. The van der Waals surface area contributed by atoms with Crippen LogP contribution in [-0.2, 0) is 7.05 Å². The van der Waals surface area contributed by atoms with E-state index in [2.05, 4.69) is 5.10 Å². The molecule has 0 atom stereocenters. The van der Waals surface area contributed by atoms with Crippen LogP contribution >= 0.6 is 11.8 Å². The van der Waals surface area contributed by atoms with Gasteiger partial charge in [-0.2, -0.15) is 5.10 Å². The Morgan fingerprint density at radius 3 is 2.72 bits per heavy atom. The molecule has 1 aromatic heterocycles. The van der Waals surface area contributed by atoms with Gasteiger partial charge in [0.15, 0.2) is 0 Å². The molecule has 2 aromatic rings. The molecule has 1 aromatic carbocycles. The molecule has 2 rings (SSSR count). The van der Waals surface area contributed by atoms with E-state index in [1.807, 2.05) is 20.0 Å². The quantitative estimate of drug-likeness (QED) is 0.660. The van der Waals surface area contributed by atoms with Crippen LogP contribution in [0.1, 0.15) is 11.3 Å². The molecule has 1 heterocycles. The number of hydrogen-bond acceptors (Lipinski definition) is 3. The average Bonchev–Trinajstić information content (AvgIpc) is 2.60. The Morgan fingerprint density at radius 1 is 1.44 bits per heavy atom. The number of nitrogens with one attached hydrogen (secondary N) is 1. The van der Waals surface area contributed by atoms with Crippen LogP contribution in [0, 0.1) is 18.2 Å². The van der Waals surface area contributed by atoms with Crippen molar-refractivity contribution in [1.82, 2.24) is 9.78 Å². The molecular weight excluding hydrogens is 251 g/mol. The summed E-state index contributed by atoms with van der Waals surface area (Å²) in [5, 5.41) is 12.6. The van der Waals surface area contributed by atoms with Gasteiger partial charge in [-0.1, -0.05) is 11.8 Å². The summed E-state index contributed by atoms with van der Waals surface area (Å²) in [6, 6.07) is 6.18. The lowest BCUT2D eigenvalue weighted by molar-refractivity contribution is 0.626. The lowest BCUT2D eigenvalue weighted by atomic mass is 10.2. The van der Waals surface area contributed by atoms with E-state index < -0.39 is 5.82 Å². The number of benzene rings is 1. The van der Waals surface area contributed by atoms with Crippen LogP contribution < -0.4 is 5.73 Å². The summed E-state index contributed by atoms with van der Waals surface area (Å²) in [6.07, 6.45) is 0. The highest BCUT2D eigenvalue weighted by Gasteiger charge is 2.11. The van der Waals surface area contributed by atoms with E-state index in [4.69, 9.17) is 11.1 Å². The molecule has 0 aliphatic heterocycles. The summed E-state index contributed by atoms with van der Waals surface area (Å²) >= 11 is 1.41. The molecule has 0 spiro atoms. The minimum Gasteiger partial charge on any atom is -0.384 e. The predicted molar refractivity (Wildman–Crippen MR) is 69.5 cm³/mol. The van der Waals surface area contributed by atoms with Crippen LogP contribution in [0.2, 0.25) is 0 Å². The number of hydrogen-bond donors (Lipinski definition) is 2. The van der Waals surface area contributed by atoms with Gasteiger partial charge >= 0.3 is 0 Å². The van der Waals surface area contributed by atoms with Crippen molar-refractivity contribution >= 4 is 17.6 Å². The SMILES string of the molecule is Cc1cc(Sc2ccc(F)cc2C(=N)N)n(C)n1. The van der Waals surface area contributed by atoms with Gasteiger partial charge in [-0.15, -0.1) is 0 Å². The summed E-state index contributed by atoms with van der Waals surface area (Å²) in [7, 11) is 1.84. The Morgan fingerprint density at radius 2 is 2.17 bits per heavy atom. The van der Waals surface area contributed by atoms with Gasteiger partial charge in [0.1, 0.15) is 11.7 Å². The Labute approximate surface area is 109 Å². The monoisotopic (exact) mass is 264 g/mol. The third-order valence-corrected chi connectivity index (χ3v) is 3.57. The molecule has 0 saturated carbocycles. The zero-order chi connectivity index (χ0) is 13.3. The highest BCUT2D eigenvalue weighted by Crippen LogP contribution is 2.30. The largest absolute Gasteiger partial charge is 0.384 e. The van der Waals surface area contributed by atoms with Gasteiger partial charge in [-0.05, 0) is 31.2 Å². The van der Waals surface area contributed by atoms with Crippen molar-refractivity contribution in [2.45, 2.75) is 16.8 Å². The standard InChI is InChI=1S/C12H13FN4S/c1-7-5-11(17(2)16-7)18-10-4-3-8(13)6-9(10)12(14)15/h3-6H,1-2H3,(H3,14,15). The van der Waals surface area contributed by atoms with E-state index in [0.717, 1.165) is 15.6 Å². The molecule has 0 aliphatic carbocycles. The first-order chi connectivity index (χ1) is 8.47. The van der Waals surface area contributed by atoms with Crippen molar-refractivity contribution in [2.24, 2.45) is 12.8 Å². The molecule has 0 radical (unpaired) electrons. The summed E-state index contributed by atoms with van der Waals surface area (Å²) in [5.74, 6) is -0.540. The van der Waals surface area contributed by atoms with Crippen molar-refractivity contribution in [3.05, 3.63) is 41.3 Å². The van der Waals surface area contributed by atoms with Crippen molar-refractivity contribution in [2.75, 3.05) is 0 Å². The van der Waals surface area contributed by atoms with E-state index in [0.29, 0.717) is 5.56 Å². The molecule has 0 aliphatic rings. The zero-order valence-corrected chi connectivity index (χ0v) is 10.9. The fraction of sp³-hybridized carbons (Fsp3) is 0.167. The maximum Gasteiger partial charge on any atom is 0.124 e. The maximum atomic E-state index is 13.2. The second kappa shape index (κ2) is 4.81. The van der Waals surface area contributed by atoms with Gasteiger partial charge < -0.3 is 5.73 Å². The van der Waals surface area contributed by atoms with E-state index in [9.17, 15) is 4.39 Å². The lowest BCUT2D eigenvalue weighted by Gasteiger charge is -2.07. The van der Waals surface area contributed by atoms with Crippen molar-refractivity contribution in [1.29, 1.82) is 5.41 Å². The molecule has 4 nitrogen and oxygen atoms in total. The van der Waals surface area contributed by atoms with E-state index in [1.165, 1.54) is 23.9 Å². The van der Waals surface area contributed by atoms with Crippen LogP contribution in [-0.4, -0.2) is 15.6 Å². The van der Waals surface area contributed by atoms with E-state index in [1.54, 1.807) is 10.7 Å². The number of aryl methyl sites for hydroxylation is 2. The first-order valence-corrected chi connectivity index (χ1v) is 6.11. The first kappa shape index (κ1) is 12.6. The Balaban J connectivity index is 2.40. The summed E-state index contributed by atoms with van der Waals surface area (Å²) in [5.41, 5.74) is 6.77. The molecule has 3 N–H and O–H groups in total. The second-order valence-electron chi connectivity index (χ2n) is 3.90. The third kappa shape index (κ3) is 2.53. The van der Waals surface area contributed by atoms with Crippen molar-refractivity contribution < 1.29 is 4.39 Å². The van der Waals surface area contributed by atoms with Crippen LogP contribution in [0.3, 0.4) is 0 Å². The van der Waals surface area contributed by atoms with Gasteiger partial charge in [0.25, 0.3) is 0 Å². The molecule has 0 unspecified atom stereocenters. The van der Waals surface area contributed by atoms with Gasteiger partial charge in [0.05, 0.1) is 10.7 Å². The molecule has 6 heteroatoms. The highest BCUT2D eigenvalue weighted by molar-refractivity contribution is 7.99. The van der Waals surface area contributed by atoms with Gasteiger partial charge in [-0.3, -0.25) is 10.1 Å². The zero-order valence-electron chi connectivity index (χ0n) is 10.1. The highest BCUT2D eigenvalue weighted by atomic mass is 32.2. The van der Waals surface area contributed by atoms with Crippen LogP contribution in [0.5, 0.6) is 0 Å². The predicted octanol–water partition coefficient (Wildman–Crippen LogP) is 2.30. The molecular formula is C12H13FN4S. The van der Waals surface area contributed by atoms with Crippen LogP contribution in [0.15, 0.2) is 34.2 Å². The molecule has 0 amide bonds. The number of nitrogens with two attached hydrogens (primary N) is 1. The second-order valence-corrected chi connectivity index (χ2v) is 4.97. The Kier molecular flexibility index (Phi) is 3.38. The van der Waals surface area contributed by atoms with Crippen molar-refractivity contribution in [3.8, 4) is 0 Å². The molecule has 18 heavy (non-hydrogen) atoms. The summed E-state index contributed by atoms with van der Waals surface area (Å²) < 4.78 is 14.9. The molecule has 94 valence electrons. The molecule has 0 fully saturated rings. The first-order valence-electron chi connectivity index (χ1n) is 5.30. The summed E-state index contributed by atoms with van der Waals surface area (Å²) in [6.45, 7) is 1.90. The number of nitrogen functional groups attached to an aromatic ring is 1. The Bertz CT molecular complexity index is 606. The number of rotatable bonds is 3. The van der Waals surface area contributed by atoms with Gasteiger partial charge in [0, 0.05) is 17.5 Å². The number of amidine groups is 1. The average molecular weight is 264 g/mol. The van der Waals surface area contributed by atoms with Crippen LogP contribution in [0.4, 0.5) is 4.39 Å². The fourth-order valence-electron chi connectivity index (χ4n) is 1.60.